The van der Waals surface area contributed by atoms with Crippen molar-refractivity contribution in [3.8, 4) is 0 Å². The number of rotatable bonds is 15. The first kappa shape index (κ1) is 28.6. The first-order chi connectivity index (χ1) is 16.8. The Balaban J connectivity index is 2.17. The van der Waals surface area contributed by atoms with Gasteiger partial charge in [0.1, 0.15) is 18.1 Å². The van der Waals surface area contributed by atoms with Crippen molar-refractivity contribution in [1.29, 1.82) is 0 Å². The van der Waals surface area contributed by atoms with E-state index in [0.29, 0.717) is 63.1 Å². The average molecular weight is 512 g/mol. The molecule has 1 aromatic heterocycles. The molecule has 2 rings (SSSR count). The van der Waals surface area contributed by atoms with Gasteiger partial charge in [-0.1, -0.05) is 0 Å². The number of nitrogens with zero attached hydrogens (tertiary/aromatic N) is 2. The Labute approximate surface area is 209 Å². The predicted octanol–water partition coefficient (Wildman–Crippen LogP) is -0.793. The summed E-state index contributed by atoms with van der Waals surface area (Å²) in [6.45, 7) is 0.750. The molecule has 0 spiro atoms. The van der Waals surface area contributed by atoms with Crippen molar-refractivity contribution in [2.24, 2.45) is 11.5 Å². The topological polar surface area (TPSA) is 197 Å². The summed E-state index contributed by atoms with van der Waals surface area (Å²) in [5, 5.41) is 14.9. The Morgan fingerprint density at radius 1 is 1.23 bits per heavy atom. The van der Waals surface area contributed by atoms with Gasteiger partial charge in [-0.05, 0) is 57.1 Å². The van der Waals surface area contributed by atoms with Crippen LogP contribution in [0.5, 0.6) is 0 Å². The average Bonchev–Trinajstić information content (AvgIpc) is 3.53. The number of carboxylic acid groups (broad SMARTS) is 1. The zero-order valence-electron chi connectivity index (χ0n) is 20.1. The highest BCUT2D eigenvalue weighted by Crippen LogP contribution is 2.20. The maximum Gasteiger partial charge on any atom is 0.326 e. The first-order valence-electron chi connectivity index (χ1n) is 11.8. The first-order valence-corrected chi connectivity index (χ1v) is 13.2. The number of nitrogens with two attached hydrogens (primary N) is 2. The molecule has 35 heavy (non-hydrogen) atoms. The lowest BCUT2D eigenvalue weighted by Crippen LogP contribution is -2.57. The molecule has 4 atom stereocenters. The molecule has 3 amide bonds. The number of H-pyrrole nitrogens is 1. The molecule has 0 saturated carbocycles. The number of hydrogen-bond donors (Lipinski definition) is 6. The molecule has 12 nitrogen and oxygen atoms in total. The fourth-order valence-electron chi connectivity index (χ4n) is 3.99. The molecule has 0 radical (unpaired) electrons. The Hall–Kier alpha value is -2.64. The van der Waals surface area contributed by atoms with Gasteiger partial charge in [0.25, 0.3) is 0 Å². The second kappa shape index (κ2) is 14.7. The van der Waals surface area contributed by atoms with Gasteiger partial charge in [-0.2, -0.15) is 11.8 Å². The van der Waals surface area contributed by atoms with E-state index in [1.165, 1.54) is 11.2 Å². The number of aromatic amines is 1. The van der Waals surface area contributed by atoms with Crippen LogP contribution in [-0.4, -0.2) is 92.9 Å². The van der Waals surface area contributed by atoms with Gasteiger partial charge < -0.3 is 37.1 Å². The smallest absolute Gasteiger partial charge is 0.326 e. The van der Waals surface area contributed by atoms with Crippen LogP contribution < -0.4 is 22.1 Å². The third-order valence-corrected chi connectivity index (χ3v) is 6.61. The lowest BCUT2D eigenvalue weighted by Gasteiger charge is -2.29. The van der Waals surface area contributed by atoms with E-state index in [2.05, 4.69) is 20.6 Å². The second-order valence-corrected chi connectivity index (χ2v) is 9.59. The van der Waals surface area contributed by atoms with Crippen molar-refractivity contribution in [1.82, 2.24) is 25.5 Å². The third kappa shape index (κ3) is 8.82. The highest BCUT2D eigenvalue weighted by molar-refractivity contribution is 7.98. The Morgan fingerprint density at radius 2 is 1.97 bits per heavy atom. The maximum absolute atomic E-state index is 13.3. The highest BCUT2D eigenvalue weighted by atomic mass is 32.2. The lowest BCUT2D eigenvalue weighted by atomic mass is 10.0. The molecule has 1 fully saturated rings. The van der Waals surface area contributed by atoms with Crippen molar-refractivity contribution in [3.63, 3.8) is 0 Å². The zero-order chi connectivity index (χ0) is 25.8. The number of amides is 3. The van der Waals surface area contributed by atoms with Crippen LogP contribution in [0.15, 0.2) is 12.5 Å². The summed E-state index contributed by atoms with van der Waals surface area (Å²) in [5.41, 5.74) is 12.2. The summed E-state index contributed by atoms with van der Waals surface area (Å²) in [6.07, 6.45) is 8.00. The molecule has 0 bridgehead atoms. The van der Waals surface area contributed by atoms with Crippen LogP contribution in [0, 0.1) is 0 Å². The molecular weight excluding hydrogens is 474 g/mol. The molecule has 0 aliphatic carbocycles. The SMILES string of the molecule is CSCCC(N)C(=O)NC(Cc1cnc[nH]1)C(=O)NC(CCCCN)C(=O)N1CCCC1C(=O)O. The van der Waals surface area contributed by atoms with Gasteiger partial charge in [0.15, 0.2) is 0 Å². The van der Waals surface area contributed by atoms with Gasteiger partial charge in [-0.25, -0.2) is 9.78 Å². The largest absolute Gasteiger partial charge is 0.480 e. The number of carbonyl (C=O) groups is 4. The van der Waals surface area contributed by atoms with Crippen LogP contribution in [0.3, 0.4) is 0 Å². The minimum atomic E-state index is -1.06. The van der Waals surface area contributed by atoms with Gasteiger partial charge in [-0.15, -0.1) is 0 Å². The fourth-order valence-corrected chi connectivity index (χ4v) is 4.48. The molecule has 1 saturated heterocycles. The normalized spacial score (nSPS) is 18.0. The van der Waals surface area contributed by atoms with Crippen LogP contribution >= 0.6 is 11.8 Å². The van der Waals surface area contributed by atoms with E-state index in [4.69, 9.17) is 11.5 Å². The molecule has 13 heteroatoms. The number of aromatic nitrogens is 2. The lowest BCUT2D eigenvalue weighted by molar-refractivity contribution is -0.149. The van der Waals surface area contributed by atoms with E-state index in [0.717, 1.165) is 0 Å². The zero-order valence-corrected chi connectivity index (χ0v) is 20.9. The van der Waals surface area contributed by atoms with E-state index in [-0.39, 0.29) is 6.42 Å². The number of unbranched alkanes of at least 4 members (excludes halogenated alkanes) is 1. The molecule has 1 aromatic rings. The van der Waals surface area contributed by atoms with E-state index in [1.807, 2.05) is 6.26 Å². The molecule has 4 unspecified atom stereocenters. The number of likely N-dealkylation sites (tertiary alicyclic amines) is 1. The van der Waals surface area contributed by atoms with E-state index in [1.54, 1.807) is 18.0 Å². The second-order valence-electron chi connectivity index (χ2n) is 8.60. The molecule has 1 aliphatic heterocycles. The number of carbonyl (C=O) groups excluding carboxylic acids is 3. The summed E-state index contributed by atoms with van der Waals surface area (Å²) in [4.78, 5) is 59.0. The molecule has 2 heterocycles. The van der Waals surface area contributed by atoms with E-state index in [9.17, 15) is 24.3 Å². The monoisotopic (exact) mass is 511 g/mol. The van der Waals surface area contributed by atoms with Crippen molar-refractivity contribution >= 4 is 35.5 Å². The van der Waals surface area contributed by atoms with E-state index >= 15 is 0 Å². The maximum atomic E-state index is 13.3. The number of thioether (sulfide) groups is 1. The van der Waals surface area contributed by atoms with Crippen molar-refractivity contribution in [2.45, 2.75) is 69.1 Å². The molecular formula is C22H37N7O5S. The van der Waals surface area contributed by atoms with Crippen LogP contribution in [0.2, 0.25) is 0 Å². The van der Waals surface area contributed by atoms with Crippen molar-refractivity contribution in [3.05, 3.63) is 18.2 Å². The van der Waals surface area contributed by atoms with Crippen LogP contribution in [0.25, 0.3) is 0 Å². The number of aliphatic carboxylic acids is 1. The summed E-state index contributed by atoms with van der Waals surface area (Å²) in [7, 11) is 0. The number of hydrogen-bond acceptors (Lipinski definition) is 8. The number of carboxylic acids is 1. The van der Waals surface area contributed by atoms with Gasteiger partial charge in [0.2, 0.25) is 17.7 Å². The van der Waals surface area contributed by atoms with E-state index < -0.39 is 47.9 Å². The minimum absolute atomic E-state index is 0.123. The van der Waals surface area contributed by atoms with Crippen LogP contribution in [0.4, 0.5) is 0 Å². The Morgan fingerprint density at radius 3 is 2.60 bits per heavy atom. The van der Waals surface area contributed by atoms with Gasteiger partial charge in [0, 0.05) is 24.9 Å². The molecule has 0 aromatic carbocycles. The van der Waals surface area contributed by atoms with Crippen LogP contribution in [-0.2, 0) is 25.6 Å². The third-order valence-electron chi connectivity index (χ3n) is 5.96. The van der Waals surface area contributed by atoms with Crippen molar-refractivity contribution in [2.75, 3.05) is 25.1 Å². The van der Waals surface area contributed by atoms with Gasteiger partial charge in [-0.3, -0.25) is 14.4 Å². The Bertz CT molecular complexity index is 838. The fraction of sp³-hybridized carbons (Fsp3) is 0.682. The van der Waals surface area contributed by atoms with Crippen LogP contribution in [0.1, 0.15) is 44.2 Å². The quantitative estimate of drug-likeness (QED) is 0.163. The molecule has 1 aliphatic rings. The molecule has 8 N–H and O–H groups in total. The predicted molar refractivity (Wildman–Crippen MR) is 132 cm³/mol. The summed E-state index contributed by atoms with van der Waals surface area (Å²) < 4.78 is 0. The number of imidazole rings is 1. The summed E-state index contributed by atoms with van der Waals surface area (Å²) in [6, 6.07) is -3.61. The number of nitrogens with one attached hydrogen (secondary N) is 3. The van der Waals surface area contributed by atoms with Gasteiger partial charge in [0.05, 0.1) is 12.4 Å². The minimum Gasteiger partial charge on any atom is -0.480 e. The van der Waals surface area contributed by atoms with Crippen molar-refractivity contribution < 1.29 is 24.3 Å². The summed E-state index contributed by atoms with van der Waals surface area (Å²) >= 11 is 1.57. The highest BCUT2D eigenvalue weighted by Gasteiger charge is 2.38. The Kier molecular flexibility index (Phi) is 12.0. The molecule has 196 valence electrons. The summed E-state index contributed by atoms with van der Waals surface area (Å²) in [5.74, 6) is -1.82. The van der Waals surface area contributed by atoms with Gasteiger partial charge >= 0.3 is 5.97 Å². The standard InChI is InChI=1S/C22H37N7O5S/c1-35-10-7-15(24)19(30)28-17(11-14-12-25-13-26-14)20(31)27-16(5-2-3-8-23)21(32)29-9-4-6-18(29)22(33)34/h12-13,15-18H,2-11,23-24H2,1H3,(H,25,26)(H,27,31)(H,28,30)(H,33,34).